The zero-order chi connectivity index (χ0) is 8.69. The van der Waals surface area contributed by atoms with Crippen molar-refractivity contribution in [1.29, 1.82) is 5.26 Å². The molecule has 0 saturated carbocycles. The fourth-order valence-electron chi connectivity index (χ4n) is 0.552. The van der Waals surface area contributed by atoms with Gasteiger partial charge in [-0.05, 0) is 6.92 Å². The second kappa shape index (κ2) is 5.87. The molecular formula is C8H12N2S. The molecule has 1 aromatic rings. The van der Waals surface area contributed by atoms with Gasteiger partial charge in [0.2, 0.25) is 0 Å². The molecule has 3 heteroatoms. The van der Waals surface area contributed by atoms with Crippen molar-refractivity contribution in [2.75, 3.05) is 0 Å². The van der Waals surface area contributed by atoms with Crippen molar-refractivity contribution in [2.24, 2.45) is 0 Å². The number of aromatic nitrogens is 1. The van der Waals surface area contributed by atoms with Gasteiger partial charge in [0.05, 0.1) is 12.5 Å². The number of hydrogen-bond donors (Lipinski definition) is 0. The summed E-state index contributed by atoms with van der Waals surface area (Å²) in [5.74, 6) is 0. The Balaban J connectivity index is 0.000000461. The van der Waals surface area contributed by atoms with Gasteiger partial charge in [-0.1, -0.05) is 13.8 Å². The van der Waals surface area contributed by atoms with E-state index in [0.717, 1.165) is 10.7 Å². The molecule has 0 spiro atoms. The molecule has 0 bridgehead atoms. The van der Waals surface area contributed by atoms with E-state index in [1.807, 2.05) is 32.2 Å². The van der Waals surface area contributed by atoms with Crippen LogP contribution in [0.3, 0.4) is 0 Å². The minimum Gasteiger partial charge on any atom is -0.245 e. The van der Waals surface area contributed by atoms with Crippen molar-refractivity contribution in [1.82, 2.24) is 4.98 Å². The van der Waals surface area contributed by atoms with E-state index in [9.17, 15) is 0 Å². The Kier molecular flexibility index (Phi) is 5.40. The summed E-state index contributed by atoms with van der Waals surface area (Å²) in [5, 5.41) is 11.1. The van der Waals surface area contributed by atoms with Gasteiger partial charge < -0.3 is 0 Å². The zero-order valence-electron chi connectivity index (χ0n) is 7.09. The van der Waals surface area contributed by atoms with E-state index in [1.165, 1.54) is 0 Å². The molecule has 0 unspecified atom stereocenters. The maximum Gasteiger partial charge on any atom is 0.107 e. The maximum atomic E-state index is 8.25. The molecule has 0 aromatic carbocycles. The Hall–Kier alpha value is -0.880. The summed E-state index contributed by atoms with van der Waals surface area (Å²) in [5.41, 5.74) is 1.00. The highest BCUT2D eigenvalue weighted by atomic mass is 32.1. The van der Waals surface area contributed by atoms with E-state index in [1.54, 1.807) is 11.3 Å². The van der Waals surface area contributed by atoms with Crippen LogP contribution in [-0.2, 0) is 6.42 Å². The smallest absolute Gasteiger partial charge is 0.107 e. The molecule has 0 saturated heterocycles. The Bertz CT molecular complexity index is 234. The van der Waals surface area contributed by atoms with E-state index < -0.39 is 0 Å². The fourth-order valence-corrected chi connectivity index (χ4v) is 1.26. The summed E-state index contributed by atoms with van der Waals surface area (Å²) < 4.78 is 0. The zero-order valence-corrected chi connectivity index (χ0v) is 7.90. The predicted octanol–water partition coefficient (Wildman–Crippen LogP) is 2.54. The van der Waals surface area contributed by atoms with E-state index in [2.05, 4.69) is 4.98 Å². The largest absolute Gasteiger partial charge is 0.245 e. The highest BCUT2D eigenvalue weighted by Crippen LogP contribution is 2.07. The molecule has 0 aliphatic carbocycles. The summed E-state index contributed by atoms with van der Waals surface area (Å²) in [6.07, 6.45) is 0.443. The molecule has 0 fully saturated rings. The molecular weight excluding hydrogens is 156 g/mol. The van der Waals surface area contributed by atoms with Gasteiger partial charge in [-0.25, -0.2) is 4.98 Å². The topological polar surface area (TPSA) is 36.7 Å². The van der Waals surface area contributed by atoms with E-state index in [4.69, 9.17) is 5.26 Å². The lowest BCUT2D eigenvalue weighted by Gasteiger charge is -1.77. The number of aryl methyl sites for hydroxylation is 1. The Labute approximate surface area is 71.5 Å². The number of nitrogens with zero attached hydrogens (tertiary/aromatic N) is 2. The van der Waals surface area contributed by atoms with Crippen LogP contribution in [0.15, 0.2) is 5.38 Å². The van der Waals surface area contributed by atoms with Gasteiger partial charge in [-0.15, -0.1) is 11.3 Å². The molecule has 1 rings (SSSR count). The molecule has 0 aliphatic heterocycles. The van der Waals surface area contributed by atoms with E-state index >= 15 is 0 Å². The Morgan fingerprint density at radius 1 is 1.64 bits per heavy atom. The van der Waals surface area contributed by atoms with Crippen LogP contribution in [0, 0.1) is 18.3 Å². The first-order valence-electron chi connectivity index (χ1n) is 3.61. The van der Waals surface area contributed by atoms with Gasteiger partial charge in [0.25, 0.3) is 0 Å². The van der Waals surface area contributed by atoms with Gasteiger partial charge in [-0.2, -0.15) is 5.26 Å². The summed E-state index contributed by atoms with van der Waals surface area (Å²) in [6, 6.07) is 2.05. The average molecular weight is 168 g/mol. The maximum absolute atomic E-state index is 8.25. The second-order valence-electron chi connectivity index (χ2n) is 1.72. The van der Waals surface area contributed by atoms with Gasteiger partial charge in [0.15, 0.2) is 0 Å². The van der Waals surface area contributed by atoms with Crippen molar-refractivity contribution in [3.05, 3.63) is 16.1 Å². The highest BCUT2D eigenvalue weighted by molar-refractivity contribution is 7.09. The highest BCUT2D eigenvalue weighted by Gasteiger charge is 1.94. The normalized spacial score (nSPS) is 7.82. The first kappa shape index (κ1) is 10.1. The summed E-state index contributed by atoms with van der Waals surface area (Å²) in [7, 11) is 0. The number of thiazole rings is 1. The number of hydrogen-bond acceptors (Lipinski definition) is 3. The molecule has 0 N–H and O–H groups in total. The quantitative estimate of drug-likeness (QED) is 0.646. The van der Waals surface area contributed by atoms with Crippen LogP contribution in [0.1, 0.15) is 24.5 Å². The molecule has 60 valence electrons. The van der Waals surface area contributed by atoms with Crippen LogP contribution in [0.2, 0.25) is 0 Å². The van der Waals surface area contributed by atoms with E-state index in [-0.39, 0.29) is 0 Å². The van der Waals surface area contributed by atoms with Crippen LogP contribution >= 0.6 is 11.3 Å². The van der Waals surface area contributed by atoms with Crippen molar-refractivity contribution < 1.29 is 0 Å². The van der Waals surface area contributed by atoms with Crippen LogP contribution in [0.4, 0.5) is 0 Å². The van der Waals surface area contributed by atoms with Crippen molar-refractivity contribution in [3.8, 4) is 6.07 Å². The van der Waals surface area contributed by atoms with Crippen molar-refractivity contribution >= 4 is 11.3 Å². The van der Waals surface area contributed by atoms with Crippen molar-refractivity contribution in [3.63, 3.8) is 0 Å². The SMILES string of the molecule is CC.Cc1csc(CC#N)n1. The molecule has 1 aromatic heterocycles. The lowest BCUT2D eigenvalue weighted by molar-refractivity contribution is 1.14. The molecule has 11 heavy (non-hydrogen) atoms. The third-order valence-corrected chi connectivity index (χ3v) is 1.86. The number of nitriles is 1. The van der Waals surface area contributed by atoms with Gasteiger partial charge in [0, 0.05) is 11.1 Å². The lowest BCUT2D eigenvalue weighted by atomic mass is 10.5. The third kappa shape index (κ3) is 3.74. The van der Waals surface area contributed by atoms with Crippen molar-refractivity contribution in [2.45, 2.75) is 27.2 Å². The van der Waals surface area contributed by atoms with Crippen LogP contribution < -0.4 is 0 Å². The molecule has 0 radical (unpaired) electrons. The van der Waals surface area contributed by atoms with Gasteiger partial charge in [0.1, 0.15) is 5.01 Å². The molecule has 2 nitrogen and oxygen atoms in total. The minimum absolute atomic E-state index is 0.443. The Morgan fingerprint density at radius 3 is 2.64 bits per heavy atom. The molecule has 0 aliphatic rings. The van der Waals surface area contributed by atoms with Crippen LogP contribution in [-0.4, -0.2) is 4.98 Å². The molecule has 1 heterocycles. The van der Waals surface area contributed by atoms with Crippen LogP contribution in [0.5, 0.6) is 0 Å². The number of rotatable bonds is 1. The van der Waals surface area contributed by atoms with Crippen LogP contribution in [0.25, 0.3) is 0 Å². The Morgan fingerprint density at radius 2 is 2.27 bits per heavy atom. The first-order valence-corrected chi connectivity index (χ1v) is 4.49. The predicted molar refractivity (Wildman–Crippen MR) is 47.5 cm³/mol. The summed E-state index contributed by atoms with van der Waals surface area (Å²) in [6.45, 7) is 5.93. The van der Waals surface area contributed by atoms with Gasteiger partial charge in [-0.3, -0.25) is 0 Å². The minimum atomic E-state index is 0.443. The third-order valence-electron chi connectivity index (χ3n) is 0.897. The fraction of sp³-hybridized carbons (Fsp3) is 0.500. The lowest BCUT2D eigenvalue weighted by Crippen LogP contribution is -1.77. The first-order chi connectivity index (χ1) is 5.33. The summed E-state index contributed by atoms with van der Waals surface area (Å²) >= 11 is 1.54. The molecule has 0 amide bonds. The standard InChI is InChI=1S/C6H6N2S.C2H6/c1-5-4-9-6(8-5)2-3-7;1-2/h4H,2H2,1H3;1-2H3. The second-order valence-corrected chi connectivity index (χ2v) is 2.66. The monoisotopic (exact) mass is 168 g/mol. The average Bonchev–Trinajstić information content (AvgIpc) is 2.41. The van der Waals surface area contributed by atoms with E-state index in [0.29, 0.717) is 6.42 Å². The summed E-state index contributed by atoms with van der Waals surface area (Å²) in [4.78, 5) is 4.10. The van der Waals surface area contributed by atoms with Gasteiger partial charge >= 0.3 is 0 Å². The molecule has 0 atom stereocenters.